The van der Waals surface area contributed by atoms with Crippen LogP contribution in [0.15, 0.2) is 30.3 Å². The molecule has 0 aliphatic carbocycles. The molecule has 0 aliphatic rings. The summed E-state index contributed by atoms with van der Waals surface area (Å²) in [6, 6.07) is 9.41. The van der Waals surface area contributed by atoms with Crippen LogP contribution < -0.4 is 5.32 Å². The smallest absolute Gasteiger partial charge is 0.354 e. The van der Waals surface area contributed by atoms with Gasteiger partial charge < -0.3 is 9.84 Å². The third-order valence-corrected chi connectivity index (χ3v) is 4.14. The van der Waals surface area contributed by atoms with Gasteiger partial charge in [-0.15, -0.1) is 0 Å². The van der Waals surface area contributed by atoms with E-state index in [-0.39, 0.29) is 6.61 Å². The van der Waals surface area contributed by atoms with E-state index in [1.807, 2.05) is 30.3 Å². The Kier molecular flexibility index (Phi) is 9.60. The molecule has 0 bridgehead atoms. The number of nitrogens with one attached hydrogen (secondary N) is 1. The lowest BCUT2D eigenvalue weighted by Crippen LogP contribution is -2.24. The second-order valence-electron chi connectivity index (χ2n) is 5.26. The number of phosphoric acid groups is 1. The number of unbranched alkanes of at least 4 members (excludes halogenated alkanes) is 4. The van der Waals surface area contributed by atoms with Crippen LogP contribution in [0.4, 0.5) is 4.79 Å². The Balaban J connectivity index is 2.15. The number of rotatable bonds is 11. The van der Waals surface area contributed by atoms with Crippen molar-refractivity contribution in [3.63, 3.8) is 0 Å². The van der Waals surface area contributed by atoms with Gasteiger partial charge >= 0.3 is 13.9 Å². The minimum absolute atomic E-state index is 0.00207. The van der Waals surface area contributed by atoms with E-state index in [1.165, 1.54) is 6.42 Å². The first-order valence-electron chi connectivity index (χ1n) is 8.02. The Morgan fingerprint density at radius 2 is 1.87 bits per heavy atom. The summed E-state index contributed by atoms with van der Waals surface area (Å²) in [6.45, 7) is 2.56. The molecule has 0 saturated carbocycles. The fourth-order valence-electron chi connectivity index (χ4n) is 2.01. The molecule has 2 N–H and O–H groups in total. The van der Waals surface area contributed by atoms with Crippen molar-refractivity contribution < 1.29 is 23.3 Å². The van der Waals surface area contributed by atoms with Crippen LogP contribution in [0.25, 0.3) is 0 Å². The highest BCUT2D eigenvalue weighted by Gasteiger charge is 2.25. The molecule has 0 fully saturated rings. The van der Waals surface area contributed by atoms with Crippen LogP contribution >= 0.6 is 7.82 Å². The Hall–Kier alpha value is -1.36. The average molecular weight is 343 g/mol. The molecule has 1 amide bonds. The van der Waals surface area contributed by atoms with Crippen molar-refractivity contribution >= 4 is 13.9 Å². The molecule has 0 spiro atoms. The average Bonchev–Trinajstić information content (AvgIpc) is 2.51. The fraction of sp³-hybridized carbons (Fsp3) is 0.562. The molecule has 1 rings (SSSR count). The number of amides is 1. The Morgan fingerprint density at radius 3 is 2.57 bits per heavy atom. The van der Waals surface area contributed by atoms with E-state index in [0.29, 0.717) is 13.0 Å². The zero-order valence-corrected chi connectivity index (χ0v) is 14.5. The zero-order chi connectivity index (χ0) is 17.0. The molecule has 0 aromatic heterocycles. The molecule has 6 nitrogen and oxygen atoms in total. The van der Waals surface area contributed by atoms with Crippen molar-refractivity contribution in [1.82, 2.24) is 5.32 Å². The summed E-state index contributed by atoms with van der Waals surface area (Å²) in [7, 11) is -4.36. The van der Waals surface area contributed by atoms with Crippen molar-refractivity contribution in [2.24, 2.45) is 0 Å². The third kappa shape index (κ3) is 10.1. The van der Waals surface area contributed by atoms with Crippen LogP contribution in [0.2, 0.25) is 0 Å². The topological polar surface area (TPSA) is 84.9 Å². The Morgan fingerprint density at radius 1 is 1.17 bits per heavy atom. The predicted octanol–water partition coefficient (Wildman–Crippen LogP) is 4.04. The lowest BCUT2D eigenvalue weighted by Gasteiger charge is -2.12. The molecule has 1 aromatic carbocycles. The molecular formula is C16H26NO5P. The lowest BCUT2D eigenvalue weighted by atomic mass is 10.1. The molecule has 1 aromatic rings. The summed E-state index contributed by atoms with van der Waals surface area (Å²) < 4.78 is 20.9. The number of phosphoric ester groups is 1. The quantitative estimate of drug-likeness (QED) is 0.468. The number of hydrogen-bond acceptors (Lipinski definition) is 4. The number of carbonyl (C=O) groups excluding carboxylic acids is 1. The number of carbonyl (C=O) groups is 1. The largest absolute Gasteiger partial charge is 0.530 e. The minimum atomic E-state index is -4.36. The fourth-order valence-corrected chi connectivity index (χ4v) is 2.65. The number of benzene rings is 1. The second-order valence-corrected chi connectivity index (χ2v) is 6.63. The molecular weight excluding hydrogens is 317 g/mol. The molecule has 0 saturated heterocycles. The van der Waals surface area contributed by atoms with E-state index >= 15 is 0 Å². The van der Waals surface area contributed by atoms with Crippen LogP contribution in [0, 0.1) is 0 Å². The first kappa shape index (κ1) is 19.7. The van der Waals surface area contributed by atoms with Gasteiger partial charge in [-0.3, -0.25) is 9.42 Å². The van der Waals surface area contributed by atoms with Gasteiger partial charge in [0.15, 0.2) is 0 Å². The van der Waals surface area contributed by atoms with E-state index in [4.69, 9.17) is 4.52 Å². The first-order valence-corrected chi connectivity index (χ1v) is 9.51. The highest BCUT2D eigenvalue weighted by Crippen LogP contribution is 2.43. The van der Waals surface area contributed by atoms with E-state index in [0.717, 1.165) is 31.2 Å². The second kappa shape index (κ2) is 11.2. The van der Waals surface area contributed by atoms with Crippen LogP contribution in [-0.2, 0) is 20.0 Å². The molecule has 0 heterocycles. The summed E-state index contributed by atoms with van der Waals surface area (Å²) in [5.41, 5.74) is 0.976. The number of hydrogen-bond donors (Lipinski definition) is 2. The summed E-state index contributed by atoms with van der Waals surface area (Å²) in [4.78, 5) is 20.9. The maximum absolute atomic E-state index is 11.6. The van der Waals surface area contributed by atoms with Gasteiger partial charge in [0.05, 0.1) is 6.61 Å². The van der Waals surface area contributed by atoms with Crippen LogP contribution in [-0.4, -0.2) is 24.1 Å². The summed E-state index contributed by atoms with van der Waals surface area (Å²) in [6.07, 6.45) is 4.82. The van der Waals surface area contributed by atoms with Gasteiger partial charge in [0, 0.05) is 6.54 Å². The summed E-state index contributed by atoms with van der Waals surface area (Å²) >= 11 is 0. The lowest BCUT2D eigenvalue weighted by molar-refractivity contribution is 0.153. The third-order valence-electron chi connectivity index (χ3n) is 3.24. The molecule has 7 heteroatoms. The van der Waals surface area contributed by atoms with Crippen molar-refractivity contribution in [2.75, 3.05) is 13.2 Å². The van der Waals surface area contributed by atoms with E-state index in [9.17, 15) is 14.3 Å². The van der Waals surface area contributed by atoms with Crippen molar-refractivity contribution in [3.8, 4) is 0 Å². The monoisotopic (exact) mass is 343 g/mol. The van der Waals surface area contributed by atoms with Gasteiger partial charge in [-0.25, -0.2) is 9.36 Å². The SMILES string of the molecule is CCCCCCCNC(=O)OP(=O)(O)OCCc1ccccc1. The predicted molar refractivity (Wildman–Crippen MR) is 89.2 cm³/mol. The van der Waals surface area contributed by atoms with Crippen molar-refractivity contribution in [3.05, 3.63) is 35.9 Å². The van der Waals surface area contributed by atoms with Gasteiger partial charge in [-0.05, 0) is 18.4 Å². The molecule has 130 valence electrons. The van der Waals surface area contributed by atoms with E-state index in [1.54, 1.807) is 0 Å². The minimum Gasteiger partial charge on any atom is -0.354 e. The molecule has 1 unspecified atom stereocenters. The van der Waals surface area contributed by atoms with Gasteiger partial charge in [0.2, 0.25) is 0 Å². The molecule has 23 heavy (non-hydrogen) atoms. The molecule has 1 atom stereocenters. The van der Waals surface area contributed by atoms with Gasteiger partial charge in [-0.1, -0.05) is 62.9 Å². The van der Waals surface area contributed by atoms with Gasteiger partial charge in [-0.2, -0.15) is 0 Å². The molecule has 0 radical (unpaired) electrons. The zero-order valence-electron chi connectivity index (χ0n) is 13.6. The molecule has 0 aliphatic heterocycles. The van der Waals surface area contributed by atoms with Gasteiger partial charge in [0.25, 0.3) is 0 Å². The maximum atomic E-state index is 11.6. The van der Waals surface area contributed by atoms with Gasteiger partial charge in [0.1, 0.15) is 0 Å². The summed E-state index contributed by atoms with van der Waals surface area (Å²) in [5, 5.41) is 2.45. The van der Waals surface area contributed by atoms with E-state index in [2.05, 4.69) is 16.8 Å². The highest BCUT2D eigenvalue weighted by atomic mass is 31.2. The Bertz CT molecular complexity index is 495. The maximum Gasteiger partial charge on any atom is 0.530 e. The van der Waals surface area contributed by atoms with Crippen molar-refractivity contribution in [1.29, 1.82) is 0 Å². The highest BCUT2D eigenvalue weighted by molar-refractivity contribution is 7.48. The van der Waals surface area contributed by atoms with Crippen LogP contribution in [0.3, 0.4) is 0 Å². The van der Waals surface area contributed by atoms with E-state index < -0.39 is 13.9 Å². The normalized spacial score (nSPS) is 13.3. The first-order chi connectivity index (χ1) is 11.0. The van der Waals surface area contributed by atoms with Crippen LogP contribution in [0.5, 0.6) is 0 Å². The van der Waals surface area contributed by atoms with Crippen molar-refractivity contribution in [2.45, 2.75) is 45.4 Å². The van der Waals surface area contributed by atoms with Crippen LogP contribution in [0.1, 0.15) is 44.6 Å². The standard InChI is InChI=1S/C16H26NO5P/c1-2-3-4-5-9-13-17-16(18)22-23(19,20)21-14-12-15-10-7-6-8-11-15/h6-8,10-11H,2-5,9,12-14H2,1H3,(H,17,18)(H,19,20). The summed E-state index contributed by atoms with van der Waals surface area (Å²) in [5.74, 6) is 0. The Labute approximate surface area is 137 Å².